The summed E-state index contributed by atoms with van der Waals surface area (Å²) in [5, 5.41) is 4.55. The van der Waals surface area contributed by atoms with E-state index in [1.165, 1.54) is 4.52 Å². The minimum atomic E-state index is -0.271. The Balaban J connectivity index is 1.63. The molecule has 7 heteroatoms. The number of fused-ring (bicyclic) bond motifs is 1. The first-order valence-corrected chi connectivity index (χ1v) is 11.5. The molecule has 0 aliphatic carbocycles. The lowest BCUT2D eigenvalue weighted by atomic mass is 10.1. The zero-order chi connectivity index (χ0) is 22.8. The van der Waals surface area contributed by atoms with Crippen LogP contribution in [0, 0.1) is 6.92 Å². The van der Waals surface area contributed by atoms with E-state index in [0.717, 1.165) is 49.2 Å². The molecule has 2 aromatic carbocycles. The molecule has 0 saturated carbocycles. The Hall–Kier alpha value is -3.74. The highest BCUT2D eigenvalue weighted by molar-refractivity contribution is 5.79. The lowest BCUT2D eigenvalue weighted by molar-refractivity contribution is -0.131. The average Bonchev–Trinajstić information content (AvgIpc) is 3.32. The average molecular weight is 442 g/mol. The van der Waals surface area contributed by atoms with Crippen molar-refractivity contribution in [2.24, 2.45) is 0 Å². The fourth-order valence-electron chi connectivity index (χ4n) is 4.48. The molecule has 3 heterocycles. The van der Waals surface area contributed by atoms with Crippen LogP contribution in [0.1, 0.15) is 36.1 Å². The Kier molecular flexibility index (Phi) is 5.77. The molecule has 1 fully saturated rings. The van der Waals surface area contributed by atoms with Gasteiger partial charge in [-0.1, -0.05) is 60.7 Å². The topological polar surface area (TPSA) is 72.5 Å². The van der Waals surface area contributed by atoms with Crippen LogP contribution in [0.3, 0.4) is 0 Å². The molecule has 1 aliphatic heterocycles. The van der Waals surface area contributed by atoms with Crippen molar-refractivity contribution in [1.82, 2.24) is 24.1 Å². The van der Waals surface area contributed by atoms with Gasteiger partial charge in [0.25, 0.3) is 5.56 Å². The minimum Gasteiger partial charge on any atom is -0.342 e. The Bertz CT molecular complexity index is 1340. The molecule has 0 unspecified atom stereocenters. The molecular formula is C26H27N5O2. The molecule has 1 aliphatic rings. The molecule has 0 bridgehead atoms. The second-order valence-electron chi connectivity index (χ2n) is 8.57. The van der Waals surface area contributed by atoms with Gasteiger partial charge in [-0.25, -0.2) is 0 Å². The second-order valence-corrected chi connectivity index (χ2v) is 8.57. The summed E-state index contributed by atoms with van der Waals surface area (Å²) in [6, 6.07) is 19.7. The molecule has 5 rings (SSSR count). The number of aromatic nitrogens is 4. The number of amides is 1. The summed E-state index contributed by atoms with van der Waals surface area (Å²) in [7, 11) is 0. The molecule has 1 amide bonds. The second kappa shape index (κ2) is 9.02. The first-order chi connectivity index (χ1) is 16.1. The molecule has 4 aromatic rings. The number of nitrogens with zero attached hydrogens (tertiary/aromatic N) is 5. The number of benzene rings is 2. The van der Waals surface area contributed by atoms with Gasteiger partial charge in [-0.2, -0.15) is 9.50 Å². The fourth-order valence-corrected chi connectivity index (χ4v) is 4.48. The summed E-state index contributed by atoms with van der Waals surface area (Å²) in [6.45, 7) is 3.97. The quantitative estimate of drug-likeness (QED) is 0.475. The zero-order valence-corrected chi connectivity index (χ0v) is 18.8. The van der Waals surface area contributed by atoms with Gasteiger partial charge in [0.1, 0.15) is 0 Å². The van der Waals surface area contributed by atoms with Gasteiger partial charge in [-0.05, 0) is 31.7 Å². The van der Waals surface area contributed by atoms with Crippen molar-refractivity contribution >= 4 is 11.7 Å². The maximum atomic E-state index is 13.5. The molecule has 7 nitrogen and oxygen atoms in total. The summed E-state index contributed by atoms with van der Waals surface area (Å²) < 4.78 is 3.35. The van der Waals surface area contributed by atoms with Gasteiger partial charge in [0.15, 0.2) is 5.82 Å². The molecule has 0 atom stereocenters. The van der Waals surface area contributed by atoms with Crippen molar-refractivity contribution in [2.75, 3.05) is 13.1 Å². The van der Waals surface area contributed by atoms with Crippen molar-refractivity contribution in [3.05, 3.63) is 87.8 Å². The van der Waals surface area contributed by atoms with Crippen molar-refractivity contribution in [3.8, 4) is 11.4 Å². The maximum absolute atomic E-state index is 13.5. The van der Waals surface area contributed by atoms with Crippen LogP contribution in [-0.4, -0.2) is 43.1 Å². The van der Waals surface area contributed by atoms with E-state index in [1.54, 1.807) is 0 Å². The first kappa shape index (κ1) is 21.1. The van der Waals surface area contributed by atoms with E-state index < -0.39 is 0 Å². The van der Waals surface area contributed by atoms with Gasteiger partial charge >= 0.3 is 0 Å². The highest BCUT2D eigenvalue weighted by Crippen LogP contribution is 2.19. The van der Waals surface area contributed by atoms with Gasteiger partial charge in [0.05, 0.1) is 13.0 Å². The number of carbonyl (C=O) groups is 1. The summed E-state index contributed by atoms with van der Waals surface area (Å²) >= 11 is 0. The predicted octanol–water partition coefficient (Wildman–Crippen LogP) is 3.47. The summed E-state index contributed by atoms with van der Waals surface area (Å²) in [5.74, 6) is 0.978. The molecule has 1 saturated heterocycles. The molecule has 0 radical (unpaired) electrons. The molecule has 2 aromatic heterocycles. The molecule has 168 valence electrons. The number of carbonyl (C=O) groups excluding carboxylic acids is 1. The molecule has 33 heavy (non-hydrogen) atoms. The van der Waals surface area contributed by atoms with E-state index in [0.29, 0.717) is 23.7 Å². The number of hydrogen-bond acceptors (Lipinski definition) is 4. The maximum Gasteiger partial charge on any atom is 0.279 e. The Morgan fingerprint density at radius 2 is 1.61 bits per heavy atom. The van der Waals surface area contributed by atoms with Gasteiger partial charge in [0.2, 0.25) is 11.7 Å². The number of piperidine rings is 1. The van der Waals surface area contributed by atoms with Gasteiger partial charge < -0.3 is 9.47 Å². The van der Waals surface area contributed by atoms with Crippen LogP contribution in [0.25, 0.3) is 17.2 Å². The third-order valence-corrected chi connectivity index (χ3v) is 6.38. The van der Waals surface area contributed by atoms with Crippen LogP contribution in [0.15, 0.2) is 65.5 Å². The molecule has 0 spiro atoms. The lowest BCUT2D eigenvalue weighted by Gasteiger charge is -2.27. The highest BCUT2D eigenvalue weighted by atomic mass is 16.2. The third kappa shape index (κ3) is 4.18. The first-order valence-electron chi connectivity index (χ1n) is 11.5. The van der Waals surface area contributed by atoms with E-state index in [2.05, 4.69) is 5.10 Å². The SMILES string of the molecule is Cc1c(CC(=O)N2CCCCC2)c(=O)n2nc(-c3ccccc3)nc2n1Cc1ccccc1. The number of rotatable bonds is 5. The number of likely N-dealkylation sites (tertiary alicyclic amines) is 1. The van der Waals surface area contributed by atoms with Crippen LogP contribution in [0.4, 0.5) is 0 Å². The summed E-state index contributed by atoms with van der Waals surface area (Å²) in [5.41, 5.74) is 2.90. The van der Waals surface area contributed by atoms with Gasteiger partial charge in [-0.15, -0.1) is 5.10 Å². The Labute approximate surface area is 192 Å². The largest absolute Gasteiger partial charge is 0.342 e. The summed E-state index contributed by atoms with van der Waals surface area (Å²) in [6.07, 6.45) is 3.27. The summed E-state index contributed by atoms with van der Waals surface area (Å²) in [4.78, 5) is 33.1. The van der Waals surface area contributed by atoms with Crippen molar-refractivity contribution in [3.63, 3.8) is 0 Å². The Morgan fingerprint density at radius 1 is 0.939 bits per heavy atom. The van der Waals surface area contributed by atoms with Crippen molar-refractivity contribution < 1.29 is 4.79 Å². The van der Waals surface area contributed by atoms with E-state index in [9.17, 15) is 9.59 Å². The van der Waals surface area contributed by atoms with Crippen molar-refractivity contribution in [2.45, 2.75) is 39.2 Å². The smallest absolute Gasteiger partial charge is 0.279 e. The Morgan fingerprint density at radius 3 is 2.30 bits per heavy atom. The van der Waals surface area contributed by atoms with Crippen LogP contribution in [0.2, 0.25) is 0 Å². The molecule has 0 N–H and O–H groups in total. The zero-order valence-electron chi connectivity index (χ0n) is 18.8. The van der Waals surface area contributed by atoms with Gasteiger partial charge in [-0.3, -0.25) is 9.59 Å². The van der Waals surface area contributed by atoms with E-state index in [1.807, 2.05) is 77.1 Å². The van der Waals surface area contributed by atoms with Crippen molar-refractivity contribution in [1.29, 1.82) is 0 Å². The van der Waals surface area contributed by atoms with Crippen LogP contribution >= 0.6 is 0 Å². The van der Waals surface area contributed by atoms with Gasteiger partial charge in [0, 0.05) is 29.9 Å². The predicted molar refractivity (Wildman–Crippen MR) is 127 cm³/mol. The van der Waals surface area contributed by atoms with E-state index in [4.69, 9.17) is 4.98 Å². The monoisotopic (exact) mass is 441 g/mol. The third-order valence-electron chi connectivity index (χ3n) is 6.38. The van der Waals surface area contributed by atoms with E-state index >= 15 is 0 Å². The minimum absolute atomic E-state index is 0.00362. The standard InChI is InChI=1S/C26H27N5O2/c1-19-22(17-23(32)29-15-9-4-10-16-29)25(33)31-26(30(19)18-20-11-5-2-6-12-20)27-24(28-31)21-13-7-3-8-14-21/h2-3,5-8,11-14H,4,9-10,15-18H2,1H3. The normalized spacial score (nSPS) is 14.0. The lowest BCUT2D eigenvalue weighted by Crippen LogP contribution is -2.38. The molecular weight excluding hydrogens is 414 g/mol. The highest BCUT2D eigenvalue weighted by Gasteiger charge is 2.23. The van der Waals surface area contributed by atoms with Crippen LogP contribution < -0.4 is 5.56 Å². The van der Waals surface area contributed by atoms with Crippen LogP contribution in [-0.2, 0) is 17.8 Å². The fraction of sp³-hybridized carbons (Fsp3) is 0.308. The van der Waals surface area contributed by atoms with E-state index in [-0.39, 0.29) is 17.9 Å². The number of hydrogen-bond donors (Lipinski definition) is 0. The van der Waals surface area contributed by atoms with Crippen LogP contribution in [0.5, 0.6) is 0 Å².